The maximum atomic E-state index is 12.5. The van der Waals surface area contributed by atoms with Crippen LogP contribution in [0.3, 0.4) is 0 Å². The summed E-state index contributed by atoms with van der Waals surface area (Å²) >= 11 is 0. The van der Waals surface area contributed by atoms with E-state index in [1.807, 2.05) is 42.3 Å². The number of carbonyl (C=O) groups excluding carboxylic acids is 1. The number of rotatable bonds is 2. The van der Waals surface area contributed by atoms with Gasteiger partial charge in [0.25, 0.3) is 5.91 Å². The number of likely N-dealkylation sites (N-methyl/N-ethyl adjacent to an activating group) is 1. The number of hydrogen-bond donors (Lipinski definition) is 3. The quantitative estimate of drug-likeness (QED) is 0.612. The predicted molar refractivity (Wildman–Crippen MR) is 99.6 cm³/mol. The van der Waals surface area contributed by atoms with E-state index in [9.17, 15) is 15.0 Å². The Morgan fingerprint density at radius 1 is 1.41 bits per heavy atom. The van der Waals surface area contributed by atoms with Crippen molar-refractivity contribution < 1.29 is 19.7 Å². The molecule has 4 aliphatic rings. The second-order valence-corrected chi connectivity index (χ2v) is 8.27. The van der Waals surface area contributed by atoms with Crippen molar-refractivity contribution in [3.8, 4) is 5.75 Å². The number of hydrogen-bond acceptors (Lipinski definition) is 6. The number of carbonyl (C=O) groups is 1. The molecule has 0 radical (unpaired) electrons. The van der Waals surface area contributed by atoms with Crippen molar-refractivity contribution in [2.24, 2.45) is 11.7 Å². The van der Waals surface area contributed by atoms with Gasteiger partial charge in [0, 0.05) is 42.7 Å². The molecule has 6 atom stereocenters. The lowest BCUT2D eigenvalue weighted by molar-refractivity contribution is -0.178. The monoisotopic (exact) mass is 371 g/mol. The van der Waals surface area contributed by atoms with Gasteiger partial charge in [-0.25, -0.2) is 0 Å². The number of anilines is 1. The number of amides is 1. The fourth-order valence-corrected chi connectivity index (χ4v) is 6.44. The number of nitrogens with two attached hydrogens (primary N) is 1. The smallest absolute Gasteiger partial charge is 0.254 e. The Hall–Kier alpha value is -2.09. The summed E-state index contributed by atoms with van der Waals surface area (Å²) in [6.45, 7) is 1.66. The van der Waals surface area contributed by atoms with E-state index in [0.29, 0.717) is 5.75 Å². The molecule has 27 heavy (non-hydrogen) atoms. The predicted octanol–water partition coefficient (Wildman–Crippen LogP) is -0.397. The summed E-state index contributed by atoms with van der Waals surface area (Å²) in [6.07, 6.45) is 3.50. The Kier molecular flexibility index (Phi) is 3.31. The summed E-state index contributed by atoms with van der Waals surface area (Å²) in [4.78, 5) is 16.8. The van der Waals surface area contributed by atoms with Crippen molar-refractivity contribution in [2.75, 3.05) is 32.1 Å². The molecule has 0 aromatic heterocycles. The molecular formula is C20H25N3O4. The van der Waals surface area contributed by atoms with E-state index in [-0.39, 0.29) is 12.0 Å². The molecule has 1 saturated heterocycles. The van der Waals surface area contributed by atoms with Gasteiger partial charge in [-0.3, -0.25) is 9.69 Å². The molecule has 1 spiro atoms. The Morgan fingerprint density at radius 3 is 2.89 bits per heavy atom. The van der Waals surface area contributed by atoms with Gasteiger partial charge in [0.15, 0.2) is 5.60 Å². The maximum Gasteiger partial charge on any atom is 0.254 e. The lowest BCUT2D eigenvalue weighted by Gasteiger charge is -2.57. The summed E-state index contributed by atoms with van der Waals surface area (Å²) in [5.41, 5.74) is 5.21. The highest BCUT2D eigenvalue weighted by atomic mass is 16.5. The van der Waals surface area contributed by atoms with Crippen LogP contribution in [0.4, 0.5) is 5.69 Å². The van der Waals surface area contributed by atoms with Crippen LogP contribution in [0.5, 0.6) is 5.75 Å². The van der Waals surface area contributed by atoms with Crippen molar-refractivity contribution in [3.63, 3.8) is 0 Å². The van der Waals surface area contributed by atoms with Crippen LogP contribution in [0, 0.1) is 5.92 Å². The van der Waals surface area contributed by atoms with E-state index in [2.05, 4.69) is 4.90 Å². The topological polar surface area (TPSA) is 99.3 Å². The second kappa shape index (κ2) is 5.25. The van der Waals surface area contributed by atoms with Crippen LogP contribution in [0.15, 0.2) is 30.4 Å². The average molecular weight is 371 g/mol. The fraction of sp³-hybridized carbons (Fsp3) is 0.550. The van der Waals surface area contributed by atoms with Crippen LogP contribution in [0.2, 0.25) is 0 Å². The highest BCUT2D eigenvalue weighted by molar-refractivity contribution is 5.88. The maximum absolute atomic E-state index is 12.5. The minimum Gasteiger partial charge on any atom is -0.497 e. The number of methoxy groups -OCH3 is 1. The van der Waals surface area contributed by atoms with Crippen molar-refractivity contribution in [1.29, 1.82) is 0 Å². The molecule has 3 aliphatic heterocycles. The summed E-state index contributed by atoms with van der Waals surface area (Å²) in [5.74, 6) is -0.507. The zero-order chi connectivity index (χ0) is 19.1. The molecule has 1 aliphatic carbocycles. The second-order valence-electron chi connectivity index (χ2n) is 8.27. The summed E-state index contributed by atoms with van der Waals surface area (Å²) < 4.78 is 5.39. The van der Waals surface area contributed by atoms with E-state index >= 15 is 0 Å². The van der Waals surface area contributed by atoms with Crippen LogP contribution in [-0.2, 0) is 10.2 Å². The highest BCUT2D eigenvalue weighted by Crippen LogP contribution is 2.62. The molecule has 5 unspecified atom stereocenters. The normalized spacial score (nSPS) is 41.9. The molecule has 1 saturated carbocycles. The Labute approximate surface area is 158 Å². The van der Waals surface area contributed by atoms with Crippen LogP contribution in [-0.4, -0.2) is 72.1 Å². The molecule has 5 rings (SSSR count). The molecule has 7 nitrogen and oxygen atoms in total. The third-order valence-corrected chi connectivity index (χ3v) is 7.39. The number of aliphatic hydroxyl groups is 2. The molecule has 2 fully saturated rings. The third-order valence-electron chi connectivity index (χ3n) is 7.39. The molecule has 0 bridgehead atoms. The molecule has 1 aromatic carbocycles. The van der Waals surface area contributed by atoms with Crippen LogP contribution in [0.1, 0.15) is 12.0 Å². The van der Waals surface area contributed by atoms with E-state index < -0.39 is 29.1 Å². The molecule has 3 heterocycles. The first-order valence-corrected chi connectivity index (χ1v) is 9.39. The van der Waals surface area contributed by atoms with Gasteiger partial charge in [0.05, 0.1) is 13.2 Å². The zero-order valence-corrected chi connectivity index (χ0v) is 15.5. The van der Waals surface area contributed by atoms with Gasteiger partial charge in [-0.1, -0.05) is 18.2 Å². The number of primary amides is 1. The number of benzene rings is 1. The molecule has 144 valence electrons. The molecular weight excluding hydrogens is 346 g/mol. The number of fused-ring (bicyclic) bond motifs is 1. The summed E-state index contributed by atoms with van der Waals surface area (Å²) in [6, 6.07) is 5.29. The van der Waals surface area contributed by atoms with Gasteiger partial charge in [0.2, 0.25) is 0 Å². The largest absolute Gasteiger partial charge is 0.497 e. The minimum atomic E-state index is -2.04. The van der Waals surface area contributed by atoms with Gasteiger partial charge in [-0.05, 0) is 24.6 Å². The van der Waals surface area contributed by atoms with Gasteiger partial charge < -0.3 is 25.6 Å². The van der Waals surface area contributed by atoms with Crippen molar-refractivity contribution >= 4 is 11.6 Å². The molecule has 1 aromatic rings. The SMILES string of the molecule is COc1ccc2c(c1)N(C)C1C23CCN2CC=CC(C23)C(O)[C@]1(O)C(N)=O. The van der Waals surface area contributed by atoms with Gasteiger partial charge in [-0.15, -0.1) is 0 Å². The van der Waals surface area contributed by atoms with E-state index in [0.717, 1.165) is 30.8 Å². The number of nitrogens with zero attached hydrogens (tertiary/aromatic N) is 2. The first-order chi connectivity index (χ1) is 12.9. The van der Waals surface area contributed by atoms with Crippen molar-refractivity contribution in [1.82, 2.24) is 4.90 Å². The lowest BCUT2D eigenvalue weighted by Crippen LogP contribution is -2.78. The third kappa shape index (κ3) is 1.75. The lowest BCUT2D eigenvalue weighted by atomic mass is 9.54. The van der Waals surface area contributed by atoms with Crippen LogP contribution in [0.25, 0.3) is 0 Å². The molecule has 4 N–H and O–H groups in total. The van der Waals surface area contributed by atoms with E-state index in [4.69, 9.17) is 10.5 Å². The zero-order valence-electron chi connectivity index (χ0n) is 15.5. The molecule has 1 amide bonds. The standard InChI is InChI=1S/C20H25N3O4/c1-22-14-10-11(27-2)5-6-13(14)19-7-9-23-8-3-4-12(15(19)23)16(24)20(26,17(19)22)18(21)25/h3-6,10,12,15-17,24,26H,7-9H2,1-2H3,(H2,21,25)/t12?,15?,16?,17?,19?,20-/m1/s1. The Bertz CT molecular complexity index is 858. The fourth-order valence-electron chi connectivity index (χ4n) is 6.44. The van der Waals surface area contributed by atoms with Gasteiger partial charge in [0.1, 0.15) is 11.9 Å². The van der Waals surface area contributed by atoms with Crippen molar-refractivity contribution in [2.45, 2.75) is 35.6 Å². The summed E-state index contributed by atoms with van der Waals surface area (Å²) in [5, 5.41) is 22.7. The van der Waals surface area contributed by atoms with Crippen LogP contribution < -0.4 is 15.4 Å². The van der Waals surface area contributed by atoms with E-state index in [1.165, 1.54) is 0 Å². The van der Waals surface area contributed by atoms with Gasteiger partial charge in [-0.2, -0.15) is 0 Å². The van der Waals surface area contributed by atoms with Gasteiger partial charge >= 0.3 is 0 Å². The first-order valence-electron chi connectivity index (χ1n) is 9.39. The van der Waals surface area contributed by atoms with Crippen molar-refractivity contribution in [3.05, 3.63) is 35.9 Å². The first kappa shape index (κ1) is 17.0. The highest BCUT2D eigenvalue weighted by Gasteiger charge is 2.74. The van der Waals surface area contributed by atoms with Crippen LogP contribution >= 0.6 is 0 Å². The minimum absolute atomic E-state index is 0.0132. The van der Waals surface area contributed by atoms with E-state index in [1.54, 1.807) is 7.11 Å². The summed E-state index contributed by atoms with van der Waals surface area (Å²) in [7, 11) is 3.48. The Balaban J connectivity index is 1.81. The average Bonchev–Trinajstić information content (AvgIpc) is 3.17. The Morgan fingerprint density at radius 2 is 2.19 bits per heavy atom. The molecule has 7 heteroatoms. The number of aliphatic hydroxyl groups excluding tert-OH is 1. The number of ether oxygens (including phenoxy) is 1.